The van der Waals surface area contributed by atoms with Crippen molar-refractivity contribution in [3.05, 3.63) is 62.7 Å². The van der Waals surface area contributed by atoms with E-state index in [0.29, 0.717) is 15.7 Å². The molecule has 0 unspecified atom stereocenters. The quantitative estimate of drug-likeness (QED) is 0.616. The average molecular weight is 399 g/mol. The van der Waals surface area contributed by atoms with Gasteiger partial charge in [-0.1, -0.05) is 39.1 Å². The first-order valence-electron chi connectivity index (χ1n) is 6.43. The second kappa shape index (κ2) is 6.32. The van der Waals surface area contributed by atoms with E-state index in [-0.39, 0.29) is 12.3 Å². The monoisotopic (exact) mass is 397 g/mol. The van der Waals surface area contributed by atoms with E-state index in [0.717, 1.165) is 21.0 Å². The van der Waals surface area contributed by atoms with Crippen LogP contribution in [0.2, 0.25) is 10.0 Å². The molecule has 0 fully saturated rings. The summed E-state index contributed by atoms with van der Waals surface area (Å²) in [5.41, 5.74) is 2.10. The first-order valence-corrected chi connectivity index (χ1v) is 7.98. The molecule has 1 amide bonds. The van der Waals surface area contributed by atoms with Crippen LogP contribution in [0.3, 0.4) is 0 Å². The number of hydrogen-bond donors (Lipinski definition) is 1. The highest BCUT2D eigenvalue weighted by Crippen LogP contribution is 2.27. The maximum atomic E-state index is 12.2. The molecule has 3 aromatic rings. The van der Waals surface area contributed by atoms with Crippen molar-refractivity contribution >= 4 is 61.7 Å². The summed E-state index contributed by atoms with van der Waals surface area (Å²) >= 11 is 15.3. The normalized spacial score (nSPS) is 10.9. The van der Waals surface area contributed by atoms with E-state index >= 15 is 0 Å². The second-order valence-electron chi connectivity index (χ2n) is 4.75. The number of halogens is 3. The Morgan fingerprint density at radius 2 is 2.00 bits per heavy atom. The van der Waals surface area contributed by atoms with E-state index in [2.05, 4.69) is 21.2 Å². The molecule has 0 atom stereocenters. The number of anilines is 1. The number of amides is 1. The minimum atomic E-state index is -0.174. The van der Waals surface area contributed by atoms with Crippen molar-refractivity contribution in [3.63, 3.8) is 0 Å². The van der Waals surface area contributed by atoms with E-state index in [4.69, 9.17) is 27.6 Å². The zero-order chi connectivity index (χ0) is 15.7. The summed E-state index contributed by atoms with van der Waals surface area (Å²) in [4.78, 5) is 12.2. The van der Waals surface area contributed by atoms with Gasteiger partial charge in [0.15, 0.2) is 0 Å². The summed E-state index contributed by atoms with van der Waals surface area (Å²) in [7, 11) is 0. The van der Waals surface area contributed by atoms with Gasteiger partial charge in [0.2, 0.25) is 5.91 Å². The molecule has 112 valence electrons. The van der Waals surface area contributed by atoms with Crippen molar-refractivity contribution in [1.82, 2.24) is 0 Å². The zero-order valence-corrected chi connectivity index (χ0v) is 14.3. The largest absolute Gasteiger partial charge is 0.464 e. The van der Waals surface area contributed by atoms with Crippen molar-refractivity contribution in [3.8, 4) is 0 Å². The van der Waals surface area contributed by atoms with Crippen molar-refractivity contribution in [2.75, 3.05) is 5.32 Å². The molecule has 0 spiro atoms. The van der Waals surface area contributed by atoms with Crippen molar-refractivity contribution in [2.45, 2.75) is 6.42 Å². The Labute approximate surface area is 145 Å². The molecule has 0 saturated carbocycles. The minimum Gasteiger partial charge on any atom is -0.464 e. The Morgan fingerprint density at radius 3 is 2.77 bits per heavy atom. The van der Waals surface area contributed by atoms with Gasteiger partial charge in [-0.25, -0.2) is 0 Å². The molecular weight excluding hydrogens is 389 g/mol. The van der Waals surface area contributed by atoms with Crippen LogP contribution in [-0.4, -0.2) is 5.91 Å². The Hall–Kier alpha value is -1.49. The van der Waals surface area contributed by atoms with Crippen molar-refractivity contribution < 1.29 is 9.21 Å². The lowest BCUT2D eigenvalue weighted by Crippen LogP contribution is -2.14. The van der Waals surface area contributed by atoms with Crippen LogP contribution in [0.25, 0.3) is 11.0 Å². The second-order valence-corrected chi connectivity index (χ2v) is 6.51. The van der Waals surface area contributed by atoms with E-state index in [1.807, 2.05) is 18.2 Å². The lowest BCUT2D eigenvalue weighted by molar-refractivity contribution is -0.115. The summed E-state index contributed by atoms with van der Waals surface area (Å²) in [6.07, 6.45) is 1.79. The van der Waals surface area contributed by atoms with E-state index in [1.165, 1.54) is 0 Å². The summed E-state index contributed by atoms with van der Waals surface area (Å²) in [5, 5.41) is 4.61. The van der Waals surface area contributed by atoms with E-state index < -0.39 is 0 Å². The molecule has 0 aliphatic rings. The van der Waals surface area contributed by atoms with Gasteiger partial charge in [0, 0.05) is 20.4 Å². The summed E-state index contributed by atoms with van der Waals surface area (Å²) in [6, 6.07) is 10.6. The molecule has 22 heavy (non-hydrogen) atoms. The zero-order valence-electron chi connectivity index (χ0n) is 11.2. The van der Waals surface area contributed by atoms with Crippen LogP contribution in [0.1, 0.15) is 5.56 Å². The van der Waals surface area contributed by atoms with Crippen molar-refractivity contribution in [2.24, 2.45) is 0 Å². The molecule has 0 saturated heterocycles. The van der Waals surface area contributed by atoms with Gasteiger partial charge in [-0.05, 0) is 36.4 Å². The van der Waals surface area contributed by atoms with Crippen LogP contribution >= 0.6 is 39.1 Å². The lowest BCUT2D eigenvalue weighted by atomic mass is 10.1. The highest BCUT2D eigenvalue weighted by Gasteiger charge is 2.12. The molecule has 0 aliphatic heterocycles. The summed E-state index contributed by atoms with van der Waals surface area (Å²) < 4.78 is 6.38. The predicted molar refractivity (Wildman–Crippen MR) is 92.7 cm³/mol. The van der Waals surface area contributed by atoms with Gasteiger partial charge in [-0.15, -0.1) is 0 Å². The van der Waals surface area contributed by atoms with Crippen LogP contribution in [-0.2, 0) is 11.2 Å². The molecule has 1 aromatic heterocycles. The lowest BCUT2D eigenvalue weighted by Gasteiger charge is -2.07. The topological polar surface area (TPSA) is 42.2 Å². The molecule has 3 rings (SSSR count). The fourth-order valence-corrected chi connectivity index (χ4v) is 2.97. The van der Waals surface area contributed by atoms with Crippen LogP contribution in [0.5, 0.6) is 0 Å². The third-order valence-electron chi connectivity index (χ3n) is 3.17. The fraction of sp³-hybridized carbons (Fsp3) is 0.0625. The minimum absolute atomic E-state index is 0.174. The standard InChI is InChI=1S/C16H10BrCl2NO2/c17-10-1-4-15-12(6-10)9(8-22-15)5-16(21)20-14-3-2-11(18)7-13(14)19/h1-4,6-8H,5H2,(H,20,21). The molecule has 3 nitrogen and oxygen atoms in total. The van der Waals surface area contributed by atoms with Gasteiger partial charge < -0.3 is 9.73 Å². The van der Waals surface area contributed by atoms with E-state index in [1.54, 1.807) is 24.5 Å². The molecule has 1 N–H and O–H groups in total. The van der Waals surface area contributed by atoms with Crippen LogP contribution in [0, 0.1) is 0 Å². The Bertz CT molecular complexity index is 860. The predicted octanol–water partition coefficient (Wildman–Crippen LogP) is 5.68. The van der Waals surface area contributed by atoms with Gasteiger partial charge in [0.1, 0.15) is 5.58 Å². The third kappa shape index (κ3) is 3.29. The molecule has 1 heterocycles. The number of furan rings is 1. The average Bonchev–Trinajstić information content (AvgIpc) is 2.84. The highest BCUT2D eigenvalue weighted by atomic mass is 79.9. The molecule has 0 radical (unpaired) electrons. The highest BCUT2D eigenvalue weighted by molar-refractivity contribution is 9.10. The SMILES string of the molecule is O=C(Cc1coc2ccc(Br)cc12)Nc1ccc(Cl)cc1Cl. The van der Waals surface area contributed by atoms with Crippen molar-refractivity contribution in [1.29, 1.82) is 0 Å². The van der Waals surface area contributed by atoms with Gasteiger partial charge in [-0.2, -0.15) is 0 Å². The number of carbonyl (C=O) groups is 1. The molecule has 6 heteroatoms. The maximum absolute atomic E-state index is 12.2. The van der Waals surface area contributed by atoms with Crippen LogP contribution < -0.4 is 5.32 Å². The maximum Gasteiger partial charge on any atom is 0.228 e. The number of carbonyl (C=O) groups excluding carboxylic acids is 1. The summed E-state index contributed by atoms with van der Waals surface area (Å²) in [5.74, 6) is -0.174. The Kier molecular flexibility index (Phi) is 4.43. The number of fused-ring (bicyclic) bond motifs is 1. The summed E-state index contributed by atoms with van der Waals surface area (Å²) in [6.45, 7) is 0. The molecule has 2 aromatic carbocycles. The Balaban J connectivity index is 1.79. The fourth-order valence-electron chi connectivity index (χ4n) is 2.15. The molecule has 0 bridgehead atoms. The number of rotatable bonds is 3. The van der Waals surface area contributed by atoms with Gasteiger partial charge in [0.25, 0.3) is 0 Å². The Morgan fingerprint density at radius 1 is 1.18 bits per heavy atom. The number of nitrogens with one attached hydrogen (secondary N) is 1. The number of benzene rings is 2. The first kappa shape index (κ1) is 15.4. The third-order valence-corrected chi connectivity index (χ3v) is 4.21. The van der Waals surface area contributed by atoms with Crippen LogP contribution in [0.15, 0.2) is 51.6 Å². The number of hydrogen-bond acceptors (Lipinski definition) is 2. The van der Waals surface area contributed by atoms with Gasteiger partial charge in [0.05, 0.1) is 23.4 Å². The van der Waals surface area contributed by atoms with Gasteiger partial charge in [-0.3, -0.25) is 4.79 Å². The van der Waals surface area contributed by atoms with E-state index in [9.17, 15) is 4.79 Å². The smallest absolute Gasteiger partial charge is 0.228 e. The molecule has 0 aliphatic carbocycles. The van der Waals surface area contributed by atoms with Crippen LogP contribution in [0.4, 0.5) is 5.69 Å². The molecular formula is C16H10BrCl2NO2. The van der Waals surface area contributed by atoms with Gasteiger partial charge >= 0.3 is 0 Å². The first-order chi connectivity index (χ1) is 10.5.